The van der Waals surface area contributed by atoms with Gasteiger partial charge in [0.05, 0.1) is 6.04 Å². The van der Waals surface area contributed by atoms with E-state index >= 15 is 0 Å². The molecule has 2 aromatic rings. The molecule has 18 heavy (non-hydrogen) atoms. The van der Waals surface area contributed by atoms with Crippen molar-refractivity contribution in [2.45, 2.75) is 19.4 Å². The van der Waals surface area contributed by atoms with Gasteiger partial charge in [-0.2, -0.15) is 0 Å². The van der Waals surface area contributed by atoms with Crippen molar-refractivity contribution in [3.05, 3.63) is 64.4 Å². The third-order valence-electron chi connectivity index (χ3n) is 2.85. The average Bonchev–Trinajstić information content (AvgIpc) is 2.36. The van der Waals surface area contributed by atoms with E-state index in [0.29, 0.717) is 0 Å². The highest BCUT2D eigenvalue weighted by Crippen LogP contribution is 2.20. The average molecular weight is 262 g/mol. The van der Waals surface area contributed by atoms with Crippen LogP contribution in [0.4, 0.5) is 0 Å². The maximum atomic E-state index is 5.98. The minimum atomic E-state index is 0.0603. The van der Waals surface area contributed by atoms with Crippen molar-refractivity contribution in [1.29, 1.82) is 0 Å². The maximum Gasteiger partial charge on any atom is 0.0501 e. The first-order valence-corrected chi connectivity index (χ1v) is 6.20. The van der Waals surface area contributed by atoms with Crippen LogP contribution in [-0.4, -0.2) is 4.98 Å². The molecule has 0 aliphatic carbocycles. The van der Waals surface area contributed by atoms with E-state index in [1.54, 1.807) is 6.20 Å². The van der Waals surface area contributed by atoms with Crippen LogP contribution in [0.25, 0.3) is 0 Å². The Morgan fingerprint density at radius 2 is 2.17 bits per heavy atom. The largest absolute Gasteiger partial charge is 0.271 e. The molecule has 0 saturated carbocycles. The van der Waals surface area contributed by atoms with Gasteiger partial charge in [0, 0.05) is 16.9 Å². The van der Waals surface area contributed by atoms with Gasteiger partial charge in [-0.25, -0.2) is 0 Å². The van der Waals surface area contributed by atoms with Crippen molar-refractivity contribution < 1.29 is 0 Å². The molecule has 1 heterocycles. The molecule has 1 aromatic carbocycles. The number of hydrazine groups is 1. The summed E-state index contributed by atoms with van der Waals surface area (Å²) in [6.45, 7) is 1.97. The molecule has 0 amide bonds. The van der Waals surface area contributed by atoms with Crippen LogP contribution in [0.1, 0.15) is 22.9 Å². The fourth-order valence-electron chi connectivity index (χ4n) is 1.96. The number of aryl methyl sites for hydroxylation is 1. The van der Waals surface area contributed by atoms with Gasteiger partial charge >= 0.3 is 0 Å². The molecule has 2 rings (SSSR count). The molecule has 3 N–H and O–H groups in total. The zero-order valence-electron chi connectivity index (χ0n) is 10.2. The molecule has 94 valence electrons. The van der Waals surface area contributed by atoms with Gasteiger partial charge in [-0.05, 0) is 48.7 Å². The number of rotatable bonds is 4. The summed E-state index contributed by atoms with van der Waals surface area (Å²) in [6, 6.07) is 11.9. The summed E-state index contributed by atoms with van der Waals surface area (Å²) < 4.78 is 0. The molecule has 0 radical (unpaired) electrons. The van der Waals surface area contributed by atoms with Gasteiger partial charge in [-0.1, -0.05) is 23.7 Å². The Labute approximate surface area is 112 Å². The maximum absolute atomic E-state index is 5.98. The number of aromatic nitrogens is 1. The van der Waals surface area contributed by atoms with Crippen molar-refractivity contribution in [3.63, 3.8) is 0 Å². The van der Waals surface area contributed by atoms with E-state index in [9.17, 15) is 0 Å². The van der Waals surface area contributed by atoms with Gasteiger partial charge < -0.3 is 0 Å². The Morgan fingerprint density at radius 3 is 2.83 bits per heavy atom. The zero-order chi connectivity index (χ0) is 13.0. The highest BCUT2D eigenvalue weighted by molar-refractivity contribution is 6.30. The van der Waals surface area contributed by atoms with Crippen molar-refractivity contribution in [2.24, 2.45) is 5.84 Å². The Morgan fingerprint density at radius 1 is 1.33 bits per heavy atom. The number of hydrogen-bond acceptors (Lipinski definition) is 3. The molecule has 0 fully saturated rings. The van der Waals surface area contributed by atoms with Gasteiger partial charge in [0.15, 0.2) is 0 Å². The first-order chi connectivity index (χ1) is 8.69. The van der Waals surface area contributed by atoms with E-state index in [0.717, 1.165) is 28.3 Å². The SMILES string of the molecule is Cc1cc(C(Cc2cccc(Cl)c2)NN)ccn1. The van der Waals surface area contributed by atoms with E-state index in [-0.39, 0.29) is 6.04 Å². The molecular weight excluding hydrogens is 246 g/mol. The predicted octanol–water partition coefficient (Wildman–Crippen LogP) is 2.79. The van der Waals surface area contributed by atoms with Crippen LogP contribution in [0, 0.1) is 6.92 Å². The first-order valence-electron chi connectivity index (χ1n) is 5.82. The topological polar surface area (TPSA) is 50.9 Å². The van der Waals surface area contributed by atoms with E-state index in [1.807, 2.05) is 43.3 Å². The summed E-state index contributed by atoms with van der Waals surface area (Å²) in [5, 5.41) is 0.745. The van der Waals surface area contributed by atoms with Crippen LogP contribution in [0.5, 0.6) is 0 Å². The van der Waals surface area contributed by atoms with E-state index in [2.05, 4.69) is 10.4 Å². The summed E-state index contributed by atoms with van der Waals surface area (Å²) in [6.07, 6.45) is 2.59. The number of hydrogen-bond donors (Lipinski definition) is 2. The lowest BCUT2D eigenvalue weighted by Gasteiger charge is -2.16. The van der Waals surface area contributed by atoms with Crippen LogP contribution >= 0.6 is 11.6 Å². The number of halogens is 1. The molecule has 0 spiro atoms. The third-order valence-corrected chi connectivity index (χ3v) is 3.09. The number of nitrogens with zero attached hydrogens (tertiary/aromatic N) is 1. The number of benzene rings is 1. The molecule has 0 saturated heterocycles. The van der Waals surface area contributed by atoms with Gasteiger partial charge in [-0.15, -0.1) is 0 Å². The second kappa shape index (κ2) is 5.96. The van der Waals surface area contributed by atoms with E-state index in [4.69, 9.17) is 17.4 Å². The summed E-state index contributed by atoms with van der Waals surface area (Å²) in [4.78, 5) is 4.19. The van der Waals surface area contributed by atoms with Crippen LogP contribution in [0.15, 0.2) is 42.6 Å². The lowest BCUT2D eigenvalue weighted by atomic mass is 10.00. The molecular formula is C14H16ClN3. The lowest BCUT2D eigenvalue weighted by Crippen LogP contribution is -2.29. The van der Waals surface area contributed by atoms with Gasteiger partial charge in [0.25, 0.3) is 0 Å². The van der Waals surface area contributed by atoms with E-state index < -0.39 is 0 Å². The molecule has 0 bridgehead atoms. The van der Waals surface area contributed by atoms with Crippen LogP contribution in [0.2, 0.25) is 5.02 Å². The standard InChI is InChI=1S/C14H16ClN3/c1-10-7-12(5-6-17-10)14(18-16)9-11-3-2-4-13(15)8-11/h2-8,14,18H,9,16H2,1H3. The fraction of sp³-hybridized carbons (Fsp3) is 0.214. The minimum Gasteiger partial charge on any atom is -0.271 e. The Bertz CT molecular complexity index is 528. The second-order valence-corrected chi connectivity index (χ2v) is 4.72. The highest BCUT2D eigenvalue weighted by atomic mass is 35.5. The second-order valence-electron chi connectivity index (χ2n) is 4.28. The predicted molar refractivity (Wildman–Crippen MR) is 74.2 cm³/mol. The third kappa shape index (κ3) is 3.29. The first kappa shape index (κ1) is 13.0. The molecule has 1 atom stereocenters. The summed E-state index contributed by atoms with van der Waals surface area (Å²) >= 11 is 5.98. The highest BCUT2D eigenvalue weighted by Gasteiger charge is 2.11. The van der Waals surface area contributed by atoms with Gasteiger partial charge in [-0.3, -0.25) is 16.3 Å². The molecule has 4 heteroatoms. The summed E-state index contributed by atoms with van der Waals surface area (Å²) in [7, 11) is 0. The lowest BCUT2D eigenvalue weighted by molar-refractivity contribution is 0.551. The smallest absolute Gasteiger partial charge is 0.0501 e. The van der Waals surface area contributed by atoms with Crippen LogP contribution < -0.4 is 11.3 Å². The molecule has 1 aromatic heterocycles. The monoisotopic (exact) mass is 261 g/mol. The minimum absolute atomic E-state index is 0.0603. The zero-order valence-corrected chi connectivity index (χ0v) is 11.0. The van der Waals surface area contributed by atoms with Crippen molar-refractivity contribution in [2.75, 3.05) is 0 Å². The fourth-order valence-corrected chi connectivity index (χ4v) is 2.17. The van der Waals surface area contributed by atoms with Crippen molar-refractivity contribution in [3.8, 4) is 0 Å². The Kier molecular flexibility index (Phi) is 4.31. The normalized spacial score (nSPS) is 12.4. The Hall–Kier alpha value is -1.42. The van der Waals surface area contributed by atoms with Crippen molar-refractivity contribution in [1.82, 2.24) is 10.4 Å². The van der Waals surface area contributed by atoms with Gasteiger partial charge in [0.1, 0.15) is 0 Å². The molecule has 3 nitrogen and oxygen atoms in total. The van der Waals surface area contributed by atoms with Crippen LogP contribution in [-0.2, 0) is 6.42 Å². The van der Waals surface area contributed by atoms with E-state index in [1.165, 1.54) is 0 Å². The number of nitrogens with two attached hydrogens (primary N) is 1. The molecule has 0 aliphatic rings. The molecule has 1 unspecified atom stereocenters. The summed E-state index contributed by atoms with van der Waals surface area (Å²) in [5.74, 6) is 5.64. The number of pyridine rings is 1. The van der Waals surface area contributed by atoms with Crippen molar-refractivity contribution >= 4 is 11.6 Å². The van der Waals surface area contributed by atoms with Crippen LogP contribution in [0.3, 0.4) is 0 Å². The number of nitrogens with one attached hydrogen (secondary N) is 1. The van der Waals surface area contributed by atoms with Gasteiger partial charge in [0.2, 0.25) is 0 Å². The summed E-state index contributed by atoms with van der Waals surface area (Å²) in [5.41, 5.74) is 6.11. The molecule has 0 aliphatic heterocycles. The Balaban J connectivity index is 2.19. The quantitative estimate of drug-likeness (QED) is 0.657.